The fourth-order valence-corrected chi connectivity index (χ4v) is 2.82. The number of nitrogens with two attached hydrogens (primary N) is 1. The third-order valence-corrected chi connectivity index (χ3v) is 4.25. The summed E-state index contributed by atoms with van der Waals surface area (Å²) < 4.78 is 10.1. The van der Waals surface area contributed by atoms with E-state index in [2.05, 4.69) is 11.4 Å². The van der Waals surface area contributed by atoms with Crippen LogP contribution in [0.2, 0.25) is 5.02 Å². The summed E-state index contributed by atoms with van der Waals surface area (Å²) in [5.74, 6) is -1.08. The molecule has 2 rings (SSSR count). The van der Waals surface area contributed by atoms with Gasteiger partial charge in [-0.3, -0.25) is 4.79 Å². The van der Waals surface area contributed by atoms with E-state index in [4.69, 9.17) is 26.8 Å². The maximum atomic E-state index is 12.1. The van der Waals surface area contributed by atoms with Crippen LogP contribution in [0.4, 0.5) is 5.69 Å². The molecule has 0 spiro atoms. The molecule has 0 atom stereocenters. The van der Waals surface area contributed by atoms with Gasteiger partial charge in [-0.15, -0.1) is 0 Å². The number of hydrogen-bond acceptors (Lipinski definition) is 6. The van der Waals surface area contributed by atoms with E-state index in [1.807, 2.05) is 0 Å². The molecule has 1 aromatic rings. The lowest BCUT2D eigenvalue weighted by Gasteiger charge is -2.21. The largest absolute Gasteiger partial charge is 0.496 e. The number of nitriles is 1. The monoisotopic (exact) mass is 351 g/mol. The highest BCUT2D eigenvalue weighted by atomic mass is 35.5. The zero-order valence-corrected chi connectivity index (χ0v) is 14.0. The van der Waals surface area contributed by atoms with Crippen molar-refractivity contribution in [2.75, 3.05) is 19.5 Å². The van der Waals surface area contributed by atoms with Gasteiger partial charge in [-0.25, -0.2) is 4.79 Å². The van der Waals surface area contributed by atoms with E-state index in [0.29, 0.717) is 12.8 Å². The minimum Gasteiger partial charge on any atom is -0.496 e. The summed E-state index contributed by atoms with van der Waals surface area (Å²) in [4.78, 5) is 24.1. The molecule has 1 aromatic carbocycles. The van der Waals surface area contributed by atoms with Crippen molar-refractivity contribution in [2.24, 2.45) is 0 Å². The van der Waals surface area contributed by atoms with Crippen molar-refractivity contribution in [3.8, 4) is 11.8 Å². The first kappa shape index (κ1) is 17.9. The molecule has 128 valence electrons. The lowest BCUT2D eigenvalue weighted by molar-refractivity contribution is -0.125. The topological polar surface area (TPSA) is 114 Å². The number of benzene rings is 1. The summed E-state index contributed by atoms with van der Waals surface area (Å²) >= 11 is 5.90. The van der Waals surface area contributed by atoms with Gasteiger partial charge in [-0.1, -0.05) is 11.6 Å². The van der Waals surface area contributed by atoms with Crippen LogP contribution in [0.1, 0.15) is 36.0 Å². The van der Waals surface area contributed by atoms with Gasteiger partial charge in [0, 0.05) is 6.07 Å². The first-order chi connectivity index (χ1) is 11.4. The minimum absolute atomic E-state index is 0.0698. The number of halogens is 1. The molecule has 7 nitrogen and oxygen atoms in total. The Morgan fingerprint density at radius 1 is 1.42 bits per heavy atom. The highest BCUT2D eigenvalue weighted by Crippen LogP contribution is 2.30. The molecule has 3 N–H and O–H groups in total. The van der Waals surface area contributed by atoms with Crippen LogP contribution in [-0.4, -0.2) is 31.1 Å². The lowest BCUT2D eigenvalue weighted by Crippen LogP contribution is -2.46. The number of carbonyl (C=O) groups excluding carboxylic acids is 2. The number of anilines is 1. The fraction of sp³-hybridized carbons (Fsp3) is 0.438. The second kappa shape index (κ2) is 7.41. The van der Waals surface area contributed by atoms with Gasteiger partial charge in [0.15, 0.2) is 6.61 Å². The van der Waals surface area contributed by atoms with Crippen LogP contribution < -0.4 is 15.8 Å². The fourth-order valence-electron chi connectivity index (χ4n) is 2.65. The third-order valence-electron chi connectivity index (χ3n) is 3.92. The van der Waals surface area contributed by atoms with E-state index in [-0.39, 0.29) is 22.0 Å². The Kier molecular flexibility index (Phi) is 5.52. The van der Waals surface area contributed by atoms with Crippen LogP contribution in [0, 0.1) is 11.3 Å². The van der Waals surface area contributed by atoms with E-state index >= 15 is 0 Å². The Morgan fingerprint density at radius 2 is 2.08 bits per heavy atom. The van der Waals surface area contributed by atoms with Gasteiger partial charge in [0.2, 0.25) is 0 Å². The van der Waals surface area contributed by atoms with Gasteiger partial charge < -0.3 is 20.5 Å². The predicted molar refractivity (Wildman–Crippen MR) is 87.7 cm³/mol. The van der Waals surface area contributed by atoms with Crippen molar-refractivity contribution in [3.63, 3.8) is 0 Å². The quantitative estimate of drug-likeness (QED) is 0.619. The maximum absolute atomic E-state index is 12.1. The van der Waals surface area contributed by atoms with E-state index in [0.717, 1.165) is 12.8 Å². The van der Waals surface area contributed by atoms with Gasteiger partial charge in [-0.2, -0.15) is 5.26 Å². The van der Waals surface area contributed by atoms with Gasteiger partial charge in [0.25, 0.3) is 5.91 Å². The first-order valence-electron chi connectivity index (χ1n) is 7.43. The zero-order chi connectivity index (χ0) is 17.7. The van der Waals surface area contributed by atoms with Gasteiger partial charge in [-0.05, 0) is 31.7 Å². The molecule has 1 aliphatic rings. The highest BCUT2D eigenvalue weighted by molar-refractivity contribution is 6.33. The number of amides is 1. The van der Waals surface area contributed by atoms with Crippen molar-refractivity contribution in [1.82, 2.24) is 5.32 Å². The van der Waals surface area contributed by atoms with E-state index in [1.165, 1.54) is 19.2 Å². The van der Waals surface area contributed by atoms with Crippen LogP contribution >= 0.6 is 11.6 Å². The number of nitrogens with one attached hydrogen (secondary N) is 1. The number of nitrogen functional groups attached to an aromatic ring is 1. The molecule has 1 fully saturated rings. The van der Waals surface area contributed by atoms with Crippen molar-refractivity contribution in [3.05, 3.63) is 22.7 Å². The zero-order valence-electron chi connectivity index (χ0n) is 13.2. The Bertz CT molecular complexity index is 693. The number of ether oxygens (including phenoxy) is 2. The molecule has 0 bridgehead atoms. The average molecular weight is 352 g/mol. The van der Waals surface area contributed by atoms with Crippen molar-refractivity contribution in [1.29, 1.82) is 5.26 Å². The molecule has 8 heteroatoms. The second-order valence-electron chi connectivity index (χ2n) is 5.60. The average Bonchev–Trinajstić information content (AvgIpc) is 3.03. The molecule has 0 aromatic heterocycles. The Balaban J connectivity index is 1.99. The Morgan fingerprint density at radius 3 is 2.67 bits per heavy atom. The van der Waals surface area contributed by atoms with Crippen molar-refractivity contribution < 1.29 is 19.1 Å². The molecule has 24 heavy (non-hydrogen) atoms. The normalized spacial score (nSPS) is 15.4. The molecule has 0 radical (unpaired) electrons. The summed E-state index contributed by atoms with van der Waals surface area (Å²) in [5, 5.41) is 12.1. The molecule has 0 aliphatic heterocycles. The van der Waals surface area contributed by atoms with Crippen LogP contribution in [0.25, 0.3) is 0 Å². The van der Waals surface area contributed by atoms with Crippen molar-refractivity contribution >= 4 is 29.2 Å². The summed E-state index contributed by atoms with van der Waals surface area (Å²) in [6, 6.07) is 4.86. The van der Waals surface area contributed by atoms with Crippen LogP contribution in [0.3, 0.4) is 0 Å². The number of hydrogen-bond donors (Lipinski definition) is 2. The number of esters is 1. The summed E-state index contributed by atoms with van der Waals surface area (Å²) in [6.07, 6.45) is 2.97. The molecular formula is C16H18ClN3O4. The standard InChI is InChI=1S/C16H18ClN3O4/c1-23-13-7-12(19)11(17)6-10(13)15(22)24-8-14(21)20-16(9-18)4-2-3-5-16/h6-7H,2-5,8,19H2,1H3,(H,20,21). The number of carbonyl (C=O) groups is 2. The number of methoxy groups -OCH3 is 1. The molecule has 1 amide bonds. The van der Waals surface area contributed by atoms with Gasteiger partial charge in [0.05, 0.1) is 23.9 Å². The summed E-state index contributed by atoms with van der Waals surface area (Å²) in [6.45, 7) is -0.493. The molecular weight excluding hydrogens is 334 g/mol. The van der Waals surface area contributed by atoms with Crippen molar-refractivity contribution in [2.45, 2.75) is 31.2 Å². The number of nitrogens with zero attached hydrogens (tertiary/aromatic N) is 1. The SMILES string of the molecule is COc1cc(N)c(Cl)cc1C(=O)OCC(=O)NC1(C#N)CCCC1. The van der Waals surface area contributed by atoms with Gasteiger partial charge in [0.1, 0.15) is 16.9 Å². The highest BCUT2D eigenvalue weighted by Gasteiger charge is 2.35. The Hall–Kier alpha value is -2.46. The lowest BCUT2D eigenvalue weighted by atomic mass is 10.00. The predicted octanol–water partition coefficient (Wildman–Crippen LogP) is 2.04. The van der Waals surface area contributed by atoms with E-state index in [9.17, 15) is 14.9 Å². The van der Waals surface area contributed by atoms with E-state index in [1.54, 1.807) is 0 Å². The first-order valence-corrected chi connectivity index (χ1v) is 7.81. The van der Waals surface area contributed by atoms with Crippen LogP contribution in [0.5, 0.6) is 5.75 Å². The third kappa shape index (κ3) is 3.89. The summed E-state index contributed by atoms with van der Waals surface area (Å²) in [7, 11) is 1.38. The molecule has 1 aliphatic carbocycles. The maximum Gasteiger partial charge on any atom is 0.342 e. The second-order valence-corrected chi connectivity index (χ2v) is 6.01. The van der Waals surface area contributed by atoms with Gasteiger partial charge >= 0.3 is 5.97 Å². The Labute approximate surface area is 144 Å². The van der Waals surface area contributed by atoms with E-state index < -0.39 is 24.0 Å². The molecule has 0 heterocycles. The number of rotatable bonds is 5. The smallest absolute Gasteiger partial charge is 0.342 e. The minimum atomic E-state index is -0.855. The van der Waals surface area contributed by atoms with Crippen LogP contribution in [0.15, 0.2) is 12.1 Å². The molecule has 1 saturated carbocycles. The summed E-state index contributed by atoms with van der Waals surface area (Å²) in [5.41, 5.74) is 5.13. The molecule has 0 unspecified atom stereocenters. The molecule has 0 saturated heterocycles. The van der Waals surface area contributed by atoms with Crippen LogP contribution in [-0.2, 0) is 9.53 Å².